The van der Waals surface area contributed by atoms with Crippen LogP contribution in [0.5, 0.6) is 0 Å². The van der Waals surface area contributed by atoms with Gasteiger partial charge in [0.2, 0.25) is 0 Å². The van der Waals surface area contributed by atoms with Gasteiger partial charge in [0.25, 0.3) is 0 Å². The van der Waals surface area contributed by atoms with Gasteiger partial charge in [-0.25, -0.2) is 9.97 Å². The summed E-state index contributed by atoms with van der Waals surface area (Å²) in [6, 6.07) is 3.97. The summed E-state index contributed by atoms with van der Waals surface area (Å²) in [6.45, 7) is 0.726. The summed E-state index contributed by atoms with van der Waals surface area (Å²) >= 11 is 1.66. The molecule has 0 spiro atoms. The van der Waals surface area contributed by atoms with Crippen LogP contribution in [0.15, 0.2) is 29.2 Å². The Labute approximate surface area is 91.2 Å². The molecule has 0 fully saturated rings. The molecule has 0 aliphatic heterocycles. The Morgan fingerprint density at radius 1 is 1.40 bits per heavy atom. The maximum absolute atomic E-state index is 8.54. The number of hydrogen-bond acceptors (Lipinski definition) is 5. The van der Waals surface area contributed by atoms with E-state index in [4.69, 9.17) is 5.26 Å². The molecule has 0 atom stereocenters. The molecule has 0 bridgehead atoms. The van der Waals surface area contributed by atoms with Crippen molar-refractivity contribution in [1.29, 1.82) is 5.26 Å². The van der Waals surface area contributed by atoms with E-state index < -0.39 is 0 Å². The first kappa shape index (κ1) is 9.62. The van der Waals surface area contributed by atoms with E-state index in [0.29, 0.717) is 11.5 Å². The van der Waals surface area contributed by atoms with Crippen molar-refractivity contribution in [2.45, 2.75) is 6.54 Å². The highest BCUT2D eigenvalue weighted by atomic mass is 32.1. The Morgan fingerprint density at radius 2 is 2.33 bits per heavy atom. The molecule has 0 unspecified atom stereocenters. The van der Waals surface area contributed by atoms with Crippen LogP contribution in [0.25, 0.3) is 0 Å². The first-order valence-electron chi connectivity index (χ1n) is 4.35. The summed E-state index contributed by atoms with van der Waals surface area (Å²) in [4.78, 5) is 7.97. The summed E-state index contributed by atoms with van der Waals surface area (Å²) in [6.07, 6.45) is 3.01. The number of aromatic nitrogens is 2. The highest BCUT2D eigenvalue weighted by Crippen LogP contribution is 2.08. The van der Waals surface area contributed by atoms with Crippen molar-refractivity contribution in [2.75, 3.05) is 5.32 Å². The fraction of sp³-hybridized carbons (Fsp3) is 0.100. The molecule has 4 nitrogen and oxygen atoms in total. The van der Waals surface area contributed by atoms with Gasteiger partial charge in [0.15, 0.2) is 5.69 Å². The van der Waals surface area contributed by atoms with Crippen molar-refractivity contribution in [3.8, 4) is 6.07 Å². The van der Waals surface area contributed by atoms with E-state index in [9.17, 15) is 0 Å². The van der Waals surface area contributed by atoms with Crippen molar-refractivity contribution in [3.63, 3.8) is 0 Å². The van der Waals surface area contributed by atoms with Gasteiger partial charge in [-0.3, -0.25) is 0 Å². The Balaban J connectivity index is 1.97. The van der Waals surface area contributed by atoms with Crippen LogP contribution < -0.4 is 5.32 Å². The third-order valence-corrected chi connectivity index (χ3v) is 2.55. The van der Waals surface area contributed by atoms with E-state index in [-0.39, 0.29) is 0 Å². The molecule has 5 heteroatoms. The largest absolute Gasteiger partial charge is 0.365 e. The average molecular weight is 216 g/mol. The normalized spacial score (nSPS) is 9.53. The van der Waals surface area contributed by atoms with Gasteiger partial charge in [0.1, 0.15) is 11.9 Å². The molecular formula is C10H8N4S. The number of nitriles is 1. The number of nitrogens with zero attached hydrogens (tertiary/aromatic N) is 3. The summed E-state index contributed by atoms with van der Waals surface area (Å²) in [5.74, 6) is 0.681. The lowest BCUT2D eigenvalue weighted by Gasteiger charge is -2.02. The molecule has 0 aromatic carbocycles. The van der Waals surface area contributed by atoms with Crippen LogP contribution >= 0.6 is 11.3 Å². The maximum atomic E-state index is 8.54. The van der Waals surface area contributed by atoms with E-state index in [0.717, 1.165) is 6.54 Å². The zero-order chi connectivity index (χ0) is 10.5. The molecule has 0 saturated heterocycles. The van der Waals surface area contributed by atoms with Gasteiger partial charge in [-0.05, 0) is 22.4 Å². The van der Waals surface area contributed by atoms with Gasteiger partial charge in [-0.15, -0.1) is 0 Å². The van der Waals surface area contributed by atoms with Gasteiger partial charge in [0.05, 0.1) is 12.4 Å². The minimum absolute atomic E-state index is 0.330. The lowest BCUT2D eigenvalue weighted by molar-refractivity contribution is 1.08. The minimum atomic E-state index is 0.330. The molecule has 0 aliphatic carbocycles. The number of nitrogens with one attached hydrogen (secondary N) is 1. The van der Waals surface area contributed by atoms with Crippen LogP contribution in [0.4, 0.5) is 5.82 Å². The van der Waals surface area contributed by atoms with Crippen LogP contribution in [0.2, 0.25) is 0 Å². The predicted octanol–water partition coefficient (Wildman–Crippen LogP) is 2.02. The second kappa shape index (κ2) is 4.53. The van der Waals surface area contributed by atoms with Gasteiger partial charge in [-0.1, -0.05) is 0 Å². The third-order valence-electron chi connectivity index (χ3n) is 1.82. The molecule has 15 heavy (non-hydrogen) atoms. The first-order chi connectivity index (χ1) is 7.38. The molecule has 1 N–H and O–H groups in total. The van der Waals surface area contributed by atoms with Crippen molar-refractivity contribution in [1.82, 2.24) is 9.97 Å². The lowest BCUT2D eigenvalue weighted by Crippen LogP contribution is -2.01. The van der Waals surface area contributed by atoms with Crippen molar-refractivity contribution in [2.24, 2.45) is 0 Å². The smallest absolute Gasteiger partial charge is 0.158 e. The Kier molecular flexibility index (Phi) is 2.90. The third kappa shape index (κ3) is 2.51. The van der Waals surface area contributed by atoms with Gasteiger partial charge < -0.3 is 5.32 Å². The second-order valence-electron chi connectivity index (χ2n) is 2.88. The molecule has 2 aromatic heterocycles. The molecule has 0 aliphatic rings. The summed E-state index contributed by atoms with van der Waals surface area (Å²) in [5.41, 5.74) is 1.54. The average Bonchev–Trinajstić information content (AvgIpc) is 2.80. The van der Waals surface area contributed by atoms with Gasteiger partial charge in [0, 0.05) is 6.54 Å². The van der Waals surface area contributed by atoms with E-state index >= 15 is 0 Å². The van der Waals surface area contributed by atoms with Gasteiger partial charge in [-0.2, -0.15) is 16.6 Å². The summed E-state index contributed by atoms with van der Waals surface area (Å²) in [7, 11) is 0. The fourth-order valence-corrected chi connectivity index (χ4v) is 1.73. The zero-order valence-corrected chi connectivity index (χ0v) is 8.66. The number of hydrogen-bond donors (Lipinski definition) is 1. The molecule has 2 rings (SSSR count). The van der Waals surface area contributed by atoms with Crippen molar-refractivity contribution < 1.29 is 0 Å². The summed E-state index contributed by atoms with van der Waals surface area (Å²) < 4.78 is 0. The quantitative estimate of drug-likeness (QED) is 0.852. The molecule has 0 saturated carbocycles. The van der Waals surface area contributed by atoms with Crippen molar-refractivity contribution in [3.05, 3.63) is 40.5 Å². The molecular weight excluding hydrogens is 208 g/mol. The maximum Gasteiger partial charge on any atom is 0.158 e. The van der Waals surface area contributed by atoms with E-state index in [1.807, 2.05) is 11.4 Å². The number of thiophene rings is 1. The monoisotopic (exact) mass is 216 g/mol. The highest BCUT2D eigenvalue weighted by Gasteiger charge is 1.96. The van der Waals surface area contributed by atoms with E-state index in [2.05, 4.69) is 26.7 Å². The number of rotatable bonds is 3. The number of anilines is 1. The molecule has 0 radical (unpaired) electrons. The second-order valence-corrected chi connectivity index (χ2v) is 3.66. The first-order valence-corrected chi connectivity index (χ1v) is 5.30. The SMILES string of the molecule is N#Cc1cnc(NCc2ccsc2)cn1. The predicted molar refractivity (Wildman–Crippen MR) is 58.4 cm³/mol. The van der Waals surface area contributed by atoms with E-state index in [1.54, 1.807) is 17.5 Å². The zero-order valence-electron chi connectivity index (χ0n) is 7.84. The van der Waals surface area contributed by atoms with Crippen LogP contribution in [-0.2, 0) is 6.54 Å². The Bertz CT molecular complexity index is 455. The minimum Gasteiger partial charge on any atom is -0.365 e. The molecule has 74 valence electrons. The summed E-state index contributed by atoms with van der Waals surface area (Å²) in [5, 5.41) is 15.8. The van der Waals surface area contributed by atoms with Gasteiger partial charge >= 0.3 is 0 Å². The fourth-order valence-electron chi connectivity index (χ4n) is 1.06. The van der Waals surface area contributed by atoms with Crippen LogP contribution in [0, 0.1) is 11.3 Å². The standard InChI is InChI=1S/C10H8N4S/c11-3-9-5-14-10(6-12-9)13-4-8-1-2-15-7-8/h1-2,5-7H,4H2,(H,13,14). The molecule has 0 amide bonds. The highest BCUT2D eigenvalue weighted by molar-refractivity contribution is 7.07. The van der Waals surface area contributed by atoms with Crippen LogP contribution in [0.3, 0.4) is 0 Å². The Hall–Kier alpha value is -1.93. The van der Waals surface area contributed by atoms with Crippen molar-refractivity contribution >= 4 is 17.2 Å². The molecule has 2 aromatic rings. The lowest BCUT2D eigenvalue weighted by atomic mass is 10.3. The topological polar surface area (TPSA) is 61.6 Å². The van der Waals surface area contributed by atoms with Crippen LogP contribution in [0.1, 0.15) is 11.3 Å². The Morgan fingerprint density at radius 3 is 2.93 bits per heavy atom. The van der Waals surface area contributed by atoms with Crippen LogP contribution in [-0.4, -0.2) is 9.97 Å². The molecule has 2 heterocycles. The van der Waals surface area contributed by atoms with E-state index in [1.165, 1.54) is 11.8 Å².